The molecule has 0 aromatic carbocycles. The number of hydrogen-bond donors (Lipinski definition) is 1. The lowest BCUT2D eigenvalue weighted by molar-refractivity contribution is 0.0982. The van der Waals surface area contributed by atoms with Crippen LogP contribution in [0.3, 0.4) is 0 Å². The Kier molecular flexibility index (Phi) is 6.25. The number of aromatic amines is 1. The van der Waals surface area contributed by atoms with Crippen LogP contribution in [0.1, 0.15) is 36.7 Å². The molecule has 146 valence electrons. The molecular weight excluding hydrogens is 377 g/mol. The average molecular weight is 400 g/mol. The summed E-state index contributed by atoms with van der Waals surface area (Å²) in [6, 6.07) is 0. The molecule has 1 heterocycles. The zero-order chi connectivity index (χ0) is 20.1. The molecule has 0 radical (unpaired) electrons. The first-order valence-electron chi connectivity index (χ1n) is 8.99. The molecule has 0 saturated carbocycles. The number of aromatic nitrogens is 2. The Labute approximate surface area is 166 Å². The van der Waals surface area contributed by atoms with Crippen LogP contribution in [0.15, 0.2) is 72.6 Å². The van der Waals surface area contributed by atoms with E-state index >= 15 is 0 Å². The summed E-state index contributed by atoms with van der Waals surface area (Å²) < 4.78 is 34.1. The van der Waals surface area contributed by atoms with E-state index in [1.807, 2.05) is 61.6 Å². The molecule has 0 saturated heterocycles. The van der Waals surface area contributed by atoms with Gasteiger partial charge in [0.2, 0.25) is 0 Å². The third-order valence-electron chi connectivity index (χ3n) is 4.27. The van der Waals surface area contributed by atoms with Crippen molar-refractivity contribution in [2.24, 2.45) is 0 Å². The van der Waals surface area contributed by atoms with Gasteiger partial charge in [-0.05, 0) is 48.6 Å². The number of alkyl halides is 2. The minimum Gasteiger partial charge on any atom is -0.489 e. The minimum atomic E-state index is -3.13. The fraction of sp³-hybridized carbons (Fsp3) is 0.227. The molecule has 3 nitrogen and oxygen atoms in total. The maximum absolute atomic E-state index is 14.2. The fourth-order valence-corrected chi connectivity index (χ4v) is 3.20. The smallest absolute Gasteiger partial charge is 0.302 e. The van der Waals surface area contributed by atoms with Gasteiger partial charge in [0, 0.05) is 5.56 Å². The monoisotopic (exact) mass is 400 g/mol. The van der Waals surface area contributed by atoms with Gasteiger partial charge >= 0.3 is 5.66 Å². The Morgan fingerprint density at radius 1 is 1.18 bits per heavy atom. The van der Waals surface area contributed by atoms with Gasteiger partial charge in [-0.3, -0.25) is 5.10 Å². The number of halogens is 2. The molecule has 0 fully saturated rings. The van der Waals surface area contributed by atoms with Gasteiger partial charge in [-0.15, -0.1) is 0 Å². The standard InChI is InChI=1S/C22H23F2N2OP/c1-15(2)14-27-18-11-7-10-17(12-13-18)20-19(16-8-5-3-4-6-9-16)21(26-25-20)22(23,24)28/h3-8,11-13H,1,9-10,14,28H2,2H3,(H,25,26). The van der Waals surface area contributed by atoms with Gasteiger partial charge in [0.25, 0.3) is 0 Å². The van der Waals surface area contributed by atoms with Gasteiger partial charge in [0.1, 0.15) is 18.1 Å². The zero-order valence-electron chi connectivity index (χ0n) is 15.7. The molecule has 1 aromatic heterocycles. The topological polar surface area (TPSA) is 37.9 Å². The molecule has 2 aliphatic carbocycles. The summed E-state index contributed by atoms with van der Waals surface area (Å²) in [7, 11) is 1.59. The van der Waals surface area contributed by atoms with Crippen molar-refractivity contribution in [1.82, 2.24) is 10.2 Å². The highest BCUT2D eigenvalue weighted by molar-refractivity contribution is 7.17. The van der Waals surface area contributed by atoms with Crippen LogP contribution in [0.2, 0.25) is 0 Å². The van der Waals surface area contributed by atoms with E-state index in [4.69, 9.17) is 4.74 Å². The van der Waals surface area contributed by atoms with Crippen molar-refractivity contribution in [3.8, 4) is 0 Å². The molecule has 1 N–H and O–H groups in total. The normalized spacial score (nSPS) is 16.8. The fourth-order valence-electron chi connectivity index (χ4n) is 2.99. The van der Waals surface area contributed by atoms with Gasteiger partial charge in [0.05, 0.1) is 5.69 Å². The summed E-state index contributed by atoms with van der Waals surface area (Å²) in [6.45, 7) is 6.16. The Morgan fingerprint density at radius 2 is 1.96 bits per heavy atom. The molecule has 0 amide bonds. The highest BCUT2D eigenvalue weighted by Crippen LogP contribution is 2.42. The van der Waals surface area contributed by atoms with Gasteiger partial charge in [-0.2, -0.15) is 13.9 Å². The van der Waals surface area contributed by atoms with Crippen molar-refractivity contribution in [2.45, 2.75) is 25.4 Å². The Bertz CT molecular complexity index is 940. The maximum Gasteiger partial charge on any atom is 0.302 e. The summed E-state index contributed by atoms with van der Waals surface area (Å²) in [5.41, 5.74) is 0.252. The van der Waals surface area contributed by atoms with Gasteiger partial charge in [-0.1, -0.05) is 58.4 Å². The summed E-state index contributed by atoms with van der Waals surface area (Å²) in [6.07, 6.45) is 18.1. The van der Waals surface area contributed by atoms with Crippen LogP contribution < -0.4 is 0 Å². The van der Waals surface area contributed by atoms with Crippen LogP contribution in [0.25, 0.3) is 11.1 Å². The van der Waals surface area contributed by atoms with Crippen molar-refractivity contribution in [2.75, 3.05) is 6.61 Å². The first-order valence-corrected chi connectivity index (χ1v) is 9.57. The van der Waals surface area contributed by atoms with Gasteiger partial charge in [-0.25, -0.2) is 0 Å². The Hall–Kier alpha value is -2.52. The van der Waals surface area contributed by atoms with Crippen LogP contribution in [0, 0.1) is 0 Å². The van der Waals surface area contributed by atoms with Crippen molar-refractivity contribution in [1.29, 1.82) is 0 Å². The first kappa shape index (κ1) is 20.2. The van der Waals surface area contributed by atoms with Crippen LogP contribution in [-0.2, 0) is 10.4 Å². The van der Waals surface area contributed by atoms with E-state index in [2.05, 4.69) is 16.8 Å². The van der Waals surface area contributed by atoms with E-state index in [1.165, 1.54) is 0 Å². The van der Waals surface area contributed by atoms with Gasteiger partial charge in [0.15, 0.2) is 0 Å². The van der Waals surface area contributed by atoms with E-state index in [-0.39, 0.29) is 5.69 Å². The second-order valence-electron chi connectivity index (χ2n) is 6.77. The molecule has 1 unspecified atom stereocenters. The van der Waals surface area contributed by atoms with Crippen molar-refractivity contribution in [3.05, 3.63) is 89.5 Å². The largest absolute Gasteiger partial charge is 0.489 e. The van der Waals surface area contributed by atoms with E-state index in [9.17, 15) is 8.78 Å². The summed E-state index contributed by atoms with van der Waals surface area (Å²) in [4.78, 5) is 0. The third-order valence-corrected chi connectivity index (χ3v) is 4.55. The first-order chi connectivity index (χ1) is 13.4. The molecule has 0 spiro atoms. The Balaban J connectivity index is 2.02. The molecule has 3 rings (SSSR count). The number of nitrogens with zero attached hydrogens (tertiary/aromatic N) is 1. The summed E-state index contributed by atoms with van der Waals surface area (Å²) >= 11 is 0. The third kappa shape index (κ3) is 4.85. The molecule has 0 aliphatic heterocycles. The molecule has 0 bridgehead atoms. The van der Waals surface area contributed by atoms with Gasteiger partial charge < -0.3 is 4.74 Å². The predicted octanol–water partition coefficient (Wildman–Crippen LogP) is 6.05. The maximum atomic E-state index is 14.2. The molecular formula is C22H23F2N2OP. The van der Waals surface area contributed by atoms with Crippen LogP contribution in [0.4, 0.5) is 8.78 Å². The Morgan fingerprint density at radius 3 is 2.71 bits per heavy atom. The quantitative estimate of drug-likeness (QED) is 0.466. The van der Waals surface area contributed by atoms with Crippen molar-refractivity contribution >= 4 is 20.4 Å². The lowest BCUT2D eigenvalue weighted by Crippen LogP contribution is -2.07. The summed E-state index contributed by atoms with van der Waals surface area (Å²) in [5, 5.41) is 6.81. The van der Waals surface area contributed by atoms with Crippen LogP contribution in [0.5, 0.6) is 0 Å². The number of nitrogens with one attached hydrogen (secondary N) is 1. The minimum absolute atomic E-state index is 0.265. The molecule has 2 aliphatic rings. The highest BCUT2D eigenvalue weighted by atomic mass is 31.0. The lowest BCUT2D eigenvalue weighted by Gasteiger charge is -2.13. The van der Waals surface area contributed by atoms with Crippen LogP contribution in [-0.4, -0.2) is 16.8 Å². The predicted molar refractivity (Wildman–Crippen MR) is 114 cm³/mol. The molecule has 1 atom stereocenters. The highest BCUT2D eigenvalue weighted by Gasteiger charge is 2.34. The lowest BCUT2D eigenvalue weighted by atomic mass is 9.95. The molecule has 6 heteroatoms. The average Bonchev–Trinajstić information content (AvgIpc) is 2.81. The van der Waals surface area contributed by atoms with E-state index in [0.717, 1.165) is 16.7 Å². The number of allylic oxidation sites excluding steroid dienone is 11. The molecule has 1 aromatic rings. The van der Waals surface area contributed by atoms with Crippen molar-refractivity contribution < 1.29 is 13.5 Å². The van der Waals surface area contributed by atoms with E-state index in [1.54, 1.807) is 9.24 Å². The van der Waals surface area contributed by atoms with E-state index in [0.29, 0.717) is 36.5 Å². The number of hydrogen-bond acceptors (Lipinski definition) is 2. The SMILES string of the molecule is C=C(C)COC1=CC=C(c2[nH]nc(C(F)(F)P)c2C2=CC=CC=CC2)CC=C1. The number of H-pyrrole nitrogens is 1. The summed E-state index contributed by atoms with van der Waals surface area (Å²) in [5.74, 6) is 0.704. The second-order valence-corrected chi connectivity index (χ2v) is 7.49. The number of rotatable bonds is 6. The molecule has 28 heavy (non-hydrogen) atoms. The van der Waals surface area contributed by atoms with Crippen molar-refractivity contribution in [3.63, 3.8) is 0 Å². The second kappa shape index (κ2) is 8.66. The zero-order valence-corrected chi connectivity index (χ0v) is 16.9. The van der Waals surface area contributed by atoms with Crippen LogP contribution >= 0.6 is 9.24 Å². The number of ether oxygens (including phenoxy) is 1. The van der Waals surface area contributed by atoms with E-state index < -0.39 is 5.66 Å².